The normalized spacial score (nSPS) is 10.7. The fourth-order valence-electron chi connectivity index (χ4n) is 0.606. The van der Waals surface area contributed by atoms with Crippen LogP contribution in [0.15, 0.2) is 0 Å². The minimum atomic E-state index is -0.634. The summed E-state index contributed by atoms with van der Waals surface area (Å²) < 4.78 is 9.07. The van der Waals surface area contributed by atoms with Crippen LogP contribution in [0.25, 0.3) is 0 Å². The van der Waals surface area contributed by atoms with E-state index >= 15 is 0 Å². The Hall–Kier alpha value is -1.50. The summed E-state index contributed by atoms with van der Waals surface area (Å²) in [5.74, 6) is 3.64. The Morgan fingerprint density at radius 3 is 2.46 bits per heavy atom. The van der Waals surface area contributed by atoms with E-state index in [0.717, 1.165) is 0 Å². The Kier molecular flexibility index (Phi) is 5.37. The lowest BCUT2D eigenvalue weighted by Gasteiger charge is -2.06. The highest BCUT2D eigenvalue weighted by Crippen LogP contribution is 1.96. The Morgan fingerprint density at radius 1 is 1.46 bits per heavy atom. The van der Waals surface area contributed by atoms with Crippen LogP contribution in [0.3, 0.4) is 0 Å². The zero-order valence-electron chi connectivity index (χ0n) is 7.92. The van der Waals surface area contributed by atoms with E-state index in [4.69, 9.17) is 4.74 Å². The van der Waals surface area contributed by atoms with Crippen molar-refractivity contribution in [3.05, 3.63) is 0 Å². The summed E-state index contributed by atoms with van der Waals surface area (Å²) >= 11 is 0. The van der Waals surface area contributed by atoms with Gasteiger partial charge < -0.3 is 9.47 Å². The number of carbonyl (C=O) groups excluding carboxylic acids is 2. The molecule has 0 radical (unpaired) electrons. The molecule has 0 saturated heterocycles. The van der Waals surface area contributed by atoms with Gasteiger partial charge >= 0.3 is 11.9 Å². The lowest BCUT2D eigenvalue weighted by Crippen LogP contribution is -2.13. The summed E-state index contributed by atoms with van der Waals surface area (Å²) in [6, 6.07) is 0. The Labute approximate surface area is 77.2 Å². The third-order valence-electron chi connectivity index (χ3n) is 1.20. The number of rotatable bonds is 2. The molecule has 0 aliphatic heterocycles. The zero-order valence-corrected chi connectivity index (χ0v) is 7.92. The van der Waals surface area contributed by atoms with Crippen LogP contribution in [-0.4, -0.2) is 25.2 Å². The van der Waals surface area contributed by atoms with Crippen LogP contribution in [0.5, 0.6) is 0 Å². The van der Waals surface area contributed by atoms with Crippen LogP contribution in [0.4, 0.5) is 0 Å². The van der Waals surface area contributed by atoms with Crippen molar-refractivity contribution in [2.24, 2.45) is 0 Å². The lowest BCUT2D eigenvalue weighted by atomic mass is 10.3. The molecule has 1 unspecified atom stereocenters. The standard InChI is InChI=1S/C9H12O4/c1-4-8(13-7(2)10)5-6-9(11)12-3/h8H,4H2,1-3H3. The van der Waals surface area contributed by atoms with Crippen LogP contribution in [-0.2, 0) is 19.1 Å². The van der Waals surface area contributed by atoms with Gasteiger partial charge in [-0.1, -0.05) is 6.92 Å². The largest absolute Gasteiger partial charge is 0.459 e. The quantitative estimate of drug-likeness (QED) is 0.356. The van der Waals surface area contributed by atoms with E-state index < -0.39 is 18.0 Å². The molecule has 0 saturated carbocycles. The molecule has 13 heavy (non-hydrogen) atoms. The van der Waals surface area contributed by atoms with Crippen molar-refractivity contribution in [3.8, 4) is 11.8 Å². The molecule has 0 fully saturated rings. The van der Waals surface area contributed by atoms with Gasteiger partial charge in [-0.05, 0) is 12.3 Å². The van der Waals surface area contributed by atoms with Gasteiger partial charge in [0.05, 0.1) is 7.11 Å². The SMILES string of the molecule is CCC(C#CC(=O)OC)OC(C)=O. The van der Waals surface area contributed by atoms with Crippen LogP contribution < -0.4 is 0 Å². The fraction of sp³-hybridized carbons (Fsp3) is 0.556. The molecule has 72 valence electrons. The van der Waals surface area contributed by atoms with Gasteiger partial charge in [0.25, 0.3) is 0 Å². The molecule has 0 amide bonds. The van der Waals surface area contributed by atoms with E-state index in [-0.39, 0.29) is 0 Å². The Morgan fingerprint density at radius 2 is 2.08 bits per heavy atom. The molecule has 0 spiro atoms. The number of esters is 2. The van der Waals surface area contributed by atoms with Gasteiger partial charge in [0.1, 0.15) is 0 Å². The van der Waals surface area contributed by atoms with Crippen LogP contribution in [0.2, 0.25) is 0 Å². The Bertz CT molecular complexity index is 246. The van der Waals surface area contributed by atoms with E-state index in [1.54, 1.807) is 6.92 Å². The van der Waals surface area contributed by atoms with Crippen molar-refractivity contribution in [1.82, 2.24) is 0 Å². The third kappa shape index (κ3) is 5.74. The van der Waals surface area contributed by atoms with Gasteiger partial charge in [-0.2, -0.15) is 0 Å². The molecule has 0 aliphatic rings. The fourth-order valence-corrected chi connectivity index (χ4v) is 0.606. The number of hydrogen-bond donors (Lipinski definition) is 0. The van der Waals surface area contributed by atoms with E-state index in [2.05, 4.69) is 16.6 Å². The minimum Gasteiger partial charge on any atom is -0.459 e. The van der Waals surface area contributed by atoms with Gasteiger partial charge in [0, 0.05) is 12.8 Å². The first-order valence-corrected chi connectivity index (χ1v) is 3.86. The van der Waals surface area contributed by atoms with Crippen molar-refractivity contribution in [2.75, 3.05) is 7.11 Å². The first-order valence-electron chi connectivity index (χ1n) is 3.86. The molecular weight excluding hydrogens is 172 g/mol. The lowest BCUT2D eigenvalue weighted by molar-refractivity contribution is -0.144. The van der Waals surface area contributed by atoms with Gasteiger partial charge in [-0.3, -0.25) is 4.79 Å². The van der Waals surface area contributed by atoms with E-state index in [1.165, 1.54) is 14.0 Å². The average Bonchev–Trinajstić information content (AvgIpc) is 2.10. The predicted molar refractivity (Wildman–Crippen MR) is 45.6 cm³/mol. The van der Waals surface area contributed by atoms with Crippen molar-refractivity contribution < 1.29 is 19.1 Å². The first-order chi connectivity index (χ1) is 6.10. The second-order valence-electron chi connectivity index (χ2n) is 2.27. The maximum Gasteiger partial charge on any atom is 0.384 e. The Balaban J connectivity index is 4.16. The number of methoxy groups -OCH3 is 1. The van der Waals surface area contributed by atoms with Crippen molar-refractivity contribution >= 4 is 11.9 Å². The number of hydrogen-bond acceptors (Lipinski definition) is 4. The number of ether oxygens (including phenoxy) is 2. The molecule has 0 heterocycles. The topological polar surface area (TPSA) is 52.6 Å². The monoisotopic (exact) mass is 184 g/mol. The van der Waals surface area contributed by atoms with Crippen LogP contribution in [0.1, 0.15) is 20.3 Å². The highest BCUT2D eigenvalue weighted by molar-refractivity contribution is 5.88. The smallest absolute Gasteiger partial charge is 0.384 e. The summed E-state index contributed by atoms with van der Waals surface area (Å²) in [7, 11) is 1.24. The molecule has 1 atom stereocenters. The van der Waals surface area contributed by atoms with Crippen molar-refractivity contribution in [3.63, 3.8) is 0 Å². The van der Waals surface area contributed by atoms with Crippen LogP contribution in [0, 0.1) is 11.8 Å². The summed E-state index contributed by atoms with van der Waals surface area (Å²) in [4.78, 5) is 21.1. The summed E-state index contributed by atoms with van der Waals surface area (Å²) in [6.07, 6.45) is 0.0143. The zero-order chi connectivity index (χ0) is 10.3. The predicted octanol–water partition coefficient (Wildman–Crippen LogP) is 0.504. The molecule has 0 aromatic carbocycles. The summed E-state index contributed by atoms with van der Waals surface area (Å²) in [6.45, 7) is 3.10. The highest BCUT2D eigenvalue weighted by atomic mass is 16.5. The minimum absolute atomic E-state index is 0.411. The van der Waals surface area contributed by atoms with E-state index in [9.17, 15) is 9.59 Å². The van der Waals surface area contributed by atoms with Gasteiger partial charge in [0.15, 0.2) is 6.10 Å². The van der Waals surface area contributed by atoms with Gasteiger partial charge in [-0.15, -0.1) is 0 Å². The van der Waals surface area contributed by atoms with Crippen molar-refractivity contribution in [1.29, 1.82) is 0 Å². The molecule has 0 aliphatic carbocycles. The van der Waals surface area contributed by atoms with Gasteiger partial charge in [-0.25, -0.2) is 4.79 Å². The molecule has 4 heteroatoms. The molecule has 0 bridgehead atoms. The van der Waals surface area contributed by atoms with Crippen LogP contribution >= 0.6 is 0 Å². The highest BCUT2D eigenvalue weighted by Gasteiger charge is 2.05. The molecule has 0 rings (SSSR count). The maximum absolute atomic E-state index is 10.6. The van der Waals surface area contributed by atoms with Gasteiger partial charge in [0.2, 0.25) is 0 Å². The second-order valence-corrected chi connectivity index (χ2v) is 2.27. The molecule has 0 N–H and O–H groups in total. The average molecular weight is 184 g/mol. The molecule has 4 nitrogen and oxygen atoms in total. The first kappa shape index (κ1) is 11.5. The van der Waals surface area contributed by atoms with E-state index in [1.807, 2.05) is 0 Å². The third-order valence-corrected chi connectivity index (χ3v) is 1.20. The maximum atomic E-state index is 10.6. The molecule has 0 aromatic rings. The van der Waals surface area contributed by atoms with Crippen molar-refractivity contribution in [2.45, 2.75) is 26.4 Å². The number of carbonyl (C=O) groups is 2. The summed E-state index contributed by atoms with van der Waals surface area (Å²) in [5, 5.41) is 0. The van der Waals surface area contributed by atoms with E-state index in [0.29, 0.717) is 6.42 Å². The molecular formula is C9H12O4. The second kappa shape index (κ2) is 6.06. The summed E-state index contributed by atoms with van der Waals surface area (Å²) in [5.41, 5.74) is 0. The molecule has 0 aromatic heterocycles.